The number of benzene rings is 1. The van der Waals surface area contributed by atoms with Gasteiger partial charge < -0.3 is 9.15 Å². The molecule has 1 atom stereocenters. The zero-order valence-electron chi connectivity index (χ0n) is 15.0. The minimum atomic E-state index is -3.70. The van der Waals surface area contributed by atoms with E-state index in [4.69, 9.17) is 9.15 Å². The van der Waals surface area contributed by atoms with Crippen LogP contribution in [-0.4, -0.2) is 41.5 Å². The topological polar surface area (TPSA) is 94.6 Å². The first-order valence-electron chi connectivity index (χ1n) is 8.54. The molecule has 1 aliphatic heterocycles. The summed E-state index contributed by atoms with van der Waals surface area (Å²) in [7, 11) is -2.15. The molecule has 1 unspecified atom stereocenters. The van der Waals surface area contributed by atoms with Gasteiger partial charge in [0.15, 0.2) is 5.58 Å². The van der Waals surface area contributed by atoms with Crippen LogP contribution in [0.2, 0.25) is 0 Å². The van der Waals surface area contributed by atoms with Crippen LogP contribution in [0.15, 0.2) is 50.5 Å². The molecule has 1 aliphatic rings. The van der Waals surface area contributed by atoms with Gasteiger partial charge in [-0.05, 0) is 37.6 Å². The van der Waals surface area contributed by atoms with Gasteiger partial charge in [-0.1, -0.05) is 6.07 Å². The van der Waals surface area contributed by atoms with Gasteiger partial charge in [-0.25, -0.2) is 18.2 Å². The van der Waals surface area contributed by atoms with Gasteiger partial charge in [-0.3, -0.25) is 4.57 Å². The fraction of sp³-hybridized carbons (Fsp3) is 0.333. The molecule has 0 saturated carbocycles. The number of oxazole rings is 1. The molecule has 0 spiro atoms. The second-order valence-electron chi connectivity index (χ2n) is 6.57. The van der Waals surface area contributed by atoms with E-state index in [2.05, 4.69) is 4.98 Å². The highest BCUT2D eigenvalue weighted by molar-refractivity contribution is 7.89. The van der Waals surface area contributed by atoms with Crippen molar-refractivity contribution in [3.63, 3.8) is 0 Å². The van der Waals surface area contributed by atoms with E-state index in [1.807, 2.05) is 19.1 Å². The van der Waals surface area contributed by atoms with E-state index in [0.717, 1.165) is 5.69 Å². The molecule has 1 fully saturated rings. The number of sulfonamides is 1. The molecule has 0 radical (unpaired) electrons. The Kier molecular flexibility index (Phi) is 4.27. The van der Waals surface area contributed by atoms with E-state index in [9.17, 15) is 13.2 Å². The van der Waals surface area contributed by atoms with Crippen LogP contribution in [0.1, 0.15) is 12.1 Å². The summed E-state index contributed by atoms with van der Waals surface area (Å²) in [5.41, 5.74) is 1.64. The van der Waals surface area contributed by atoms with Crippen molar-refractivity contribution < 1.29 is 17.6 Å². The van der Waals surface area contributed by atoms with Crippen LogP contribution >= 0.6 is 0 Å². The Morgan fingerprint density at radius 2 is 2.07 bits per heavy atom. The molecular weight excluding hydrogens is 370 g/mol. The number of nitrogens with zero attached hydrogens (tertiary/aromatic N) is 3. The molecule has 3 heterocycles. The molecule has 4 rings (SSSR count). The molecule has 2 aromatic heterocycles. The third-order valence-electron chi connectivity index (χ3n) is 4.66. The van der Waals surface area contributed by atoms with Crippen molar-refractivity contribution in [1.82, 2.24) is 13.9 Å². The van der Waals surface area contributed by atoms with Gasteiger partial charge in [-0.15, -0.1) is 0 Å². The summed E-state index contributed by atoms with van der Waals surface area (Å²) in [5.74, 6) is -0.0334. The zero-order valence-corrected chi connectivity index (χ0v) is 15.8. The maximum absolute atomic E-state index is 13.0. The van der Waals surface area contributed by atoms with Crippen molar-refractivity contribution in [2.75, 3.05) is 13.1 Å². The normalized spacial score (nSPS) is 18.2. The molecular formula is C18H19N3O5S. The Labute approximate surface area is 156 Å². The average Bonchev–Trinajstić information content (AvgIpc) is 3.20. The second kappa shape index (κ2) is 6.50. The van der Waals surface area contributed by atoms with Crippen LogP contribution in [-0.2, 0) is 17.1 Å². The lowest BCUT2D eigenvalue weighted by Crippen LogP contribution is -2.31. The molecule has 9 heteroatoms. The SMILES string of the molecule is Cc1cccc(OC2CCN(S(=O)(=O)c3ccc4oc(=O)n(C)c4c3)C2)n1. The highest BCUT2D eigenvalue weighted by Gasteiger charge is 2.34. The average molecular weight is 389 g/mol. The fourth-order valence-electron chi connectivity index (χ4n) is 3.18. The fourth-order valence-corrected chi connectivity index (χ4v) is 4.69. The summed E-state index contributed by atoms with van der Waals surface area (Å²) >= 11 is 0. The Hall–Kier alpha value is -2.65. The van der Waals surface area contributed by atoms with E-state index >= 15 is 0 Å². The summed E-state index contributed by atoms with van der Waals surface area (Å²) in [5, 5.41) is 0. The molecule has 3 aromatic rings. The monoisotopic (exact) mass is 389 g/mol. The van der Waals surface area contributed by atoms with Gasteiger partial charge in [-0.2, -0.15) is 4.31 Å². The maximum Gasteiger partial charge on any atom is 0.419 e. The summed E-state index contributed by atoms with van der Waals surface area (Å²) in [6.45, 7) is 2.49. The van der Waals surface area contributed by atoms with Gasteiger partial charge in [0.05, 0.1) is 17.0 Å². The van der Waals surface area contributed by atoms with E-state index in [0.29, 0.717) is 29.9 Å². The van der Waals surface area contributed by atoms with Gasteiger partial charge in [0.25, 0.3) is 0 Å². The van der Waals surface area contributed by atoms with Crippen molar-refractivity contribution in [2.45, 2.75) is 24.3 Å². The van der Waals surface area contributed by atoms with Gasteiger partial charge in [0.1, 0.15) is 6.10 Å². The number of hydrogen-bond acceptors (Lipinski definition) is 6. The number of ether oxygens (including phenoxy) is 1. The van der Waals surface area contributed by atoms with Crippen molar-refractivity contribution in [3.05, 3.63) is 52.6 Å². The number of fused-ring (bicyclic) bond motifs is 1. The zero-order chi connectivity index (χ0) is 19.2. The van der Waals surface area contributed by atoms with Crippen LogP contribution in [0.5, 0.6) is 5.88 Å². The first-order chi connectivity index (χ1) is 12.8. The third-order valence-corrected chi connectivity index (χ3v) is 6.52. The predicted molar refractivity (Wildman–Crippen MR) is 98.2 cm³/mol. The minimum absolute atomic E-state index is 0.126. The Morgan fingerprint density at radius 3 is 2.85 bits per heavy atom. The van der Waals surface area contributed by atoms with Crippen LogP contribution in [0.25, 0.3) is 11.1 Å². The van der Waals surface area contributed by atoms with Crippen molar-refractivity contribution in [2.24, 2.45) is 7.05 Å². The number of aromatic nitrogens is 2. The van der Waals surface area contributed by atoms with E-state index in [1.54, 1.807) is 13.1 Å². The van der Waals surface area contributed by atoms with Crippen LogP contribution in [0, 0.1) is 6.92 Å². The lowest BCUT2D eigenvalue weighted by atomic mass is 10.3. The smallest absolute Gasteiger partial charge is 0.419 e. The summed E-state index contributed by atoms with van der Waals surface area (Å²) in [6.07, 6.45) is 0.331. The number of rotatable bonds is 4. The first kappa shape index (κ1) is 17.7. The lowest BCUT2D eigenvalue weighted by molar-refractivity contribution is 0.206. The lowest BCUT2D eigenvalue weighted by Gasteiger charge is -2.17. The molecule has 0 bridgehead atoms. The Morgan fingerprint density at radius 1 is 1.26 bits per heavy atom. The minimum Gasteiger partial charge on any atom is -0.473 e. The van der Waals surface area contributed by atoms with Crippen molar-refractivity contribution in [3.8, 4) is 5.88 Å². The van der Waals surface area contributed by atoms with Gasteiger partial charge in [0.2, 0.25) is 15.9 Å². The number of pyridine rings is 1. The number of aryl methyl sites for hydroxylation is 2. The standard InChI is InChI=1S/C18H19N3O5S/c1-12-4-3-5-17(19-12)25-13-8-9-21(11-13)27(23,24)14-6-7-16-15(10-14)20(2)18(22)26-16/h3-7,10,13H,8-9,11H2,1-2H3. The van der Waals surface area contributed by atoms with Gasteiger partial charge in [0, 0.05) is 25.4 Å². The molecule has 8 nitrogen and oxygen atoms in total. The molecule has 27 heavy (non-hydrogen) atoms. The summed E-state index contributed by atoms with van der Waals surface area (Å²) in [4.78, 5) is 16.0. The van der Waals surface area contributed by atoms with Gasteiger partial charge >= 0.3 is 5.76 Å². The summed E-state index contributed by atoms with van der Waals surface area (Å²) in [6, 6.07) is 9.91. The van der Waals surface area contributed by atoms with E-state index < -0.39 is 15.8 Å². The first-order valence-corrected chi connectivity index (χ1v) is 9.98. The third kappa shape index (κ3) is 3.24. The Bertz CT molecular complexity index is 1170. The molecule has 0 aliphatic carbocycles. The molecule has 1 saturated heterocycles. The van der Waals surface area contributed by atoms with Crippen molar-refractivity contribution in [1.29, 1.82) is 0 Å². The molecule has 0 amide bonds. The quantitative estimate of drug-likeness (QED) is 0.674. The van der Waals surface area contributed by atoms with E-state index in [1.165, 1.54) is 27.1 Å². The highest BCUT2D eigenvalue weighted by atomic mass is 32.2. The second-order valence-corrected chi connectivity index (χ2v) is 8.50. The van der Waals surface area contributed by atoms with Crippen LogP contribution < -0.4 is 10.5 Å². The van der Waals surface area contributed by atoms with Crippen LogP contribution in [0.3, 0.4) is 0 Å². The van der Waals surface area contributed by atoms with E-state index in [-0.39, 0.29) is 17.5 Å². The molecule has 142 valence electrons. The van der Waals surface area contributed by atoms with Crippen molar-refractivity contribution >= 4 is 21.1 Å². The summed E-state index contributed by atoms with van der Waals surface area (Å²) < 4.78 is 39.5. The highest BCUT2D eigenvalue weighted by Crippen LogP contribution is 2.25. The molecule has 0 N–H and O–H groups in total. The van der Waals surface area contributed by atoms with Crippen LogP contribution in [0.4, 0.5) is 0 Å². The number of hydrogen-bond donors (Lipinski definition) is 0. The molecule has 1 aromatic carbocycles. The predicted octanol–water partition coefficient (Wildman–Crippen LogP) is 1.68. The maximum atomic E-state index is 13.0. The Balaban J connectivity index is 1.56. The largest absolute Gasteiger partial charge is 0.473 e.